The number of ketones is 1. The van der Waals surface area contributed by atoms with Crippen molar-refractivity contribution in [1.29, 1.82) is 0 Å². The molecule has 1 aromatic rings. The van der Waals surface area contributed by atoms with Crippen molar-refractivity contribution in [3.63, 3.8) is 0 Å². The lowest BCUT2D eigenvalue weighted by Gasteiger charge is -2.01. The van der Waals surface area contributed by atoms with Gasteiger partial charge in [-0.3, -0.25) is 4.79 Å². The van der Waals surface area contributed by atoms with Crippen molar-refractivity contribution in [2.45, 2.75) is 33.1 Å². The number of carbonyl (C=O) groups is 1. The van der Waals surface area contributed by atoms with E-state index in [1.807, 2.05) is 25.1 Å². The zero-order valence-electron chi connectivity index (χ0n) is 8.34. The molecule has 0 radical (unpaired) electrons. The Morgan fingerprint density at radius 2 is 2.08 bits per heavy atom. The van der Waals surface area contributed by atoms with Crippen LogP contribution in [0.3, 0.4) is 0 Å². The fourth-order valence-electron chi connectivity index (χ4n) is 1.34. The molecule has 0 atom stereocenters. The second kappa shape index (κ2) is 4.80. The number of Topliss-reactive ketones (excluding diaryl/α,β-unsaturated/α-hetero) is 1. The third-order valence-corrected chi connectivity index (χ3v) is 2.13. The summed E-state index contributed by atoms with van der Waals surface area (Å²) in [4.78, 5) is 11.5. The maximum absolute atomic E-state index is 11.5. The molecule has 0 bridgehead atoms. The lowest BCUT2D eigenvalue weighted by molar-refractivity contribution is 0.0981. The molecule has 0 aliphatic rings. The number of carbonyl (C=O) groups excluding carboxylic acids is 1. The van der Waals surface area contributed by atoms with E-state index in [4.69, 9.17) is 0 Å². The summed E-state index contributed by atoms with van der Waals surface area (Å²) in [5, 5.41) is 0. The van der Waals surface area contributed by atoms with Crippen molar-refractivity contribution < 1.29 is 4.79 Å². The van der Waals surface area contributed by atoms with E-state index < -0.39 is 0 Å². The molecule has 1 rings (SSSR count). The van der Waals surface area contributed by atoms with Crippen LogP contribution in [0.4, 0.5) is 0 Å². The van der Waals surface area contributed by atoms with Gasteiger partial charge in [0.2, 0.25) is 0 Å². The van der Waals surface area contributed by atoms with Crippen molar-refractivity contribution >= 4 is 5.78 Å². The van der Waals surface area contributed by atoms with Crippen LogP contribution in [0.2, 0.25) is 0 Å². The fraction of sp³-hybridized carbons (Fsp3) is 0.417. The molecule has 1 nitrogen and oxygen atoms in total. The van der Waals surface area contributed by atoms with Crippen molar-refractivity contribution in [3.8, 4) is 0 Å². The molecule has 0 fully saturated rings. The van der Waals surface area contributed by atoms with Gasteiger partial charge in [-0.15, -0.1) is 0 Å². The van der Waals surface area contributed by atoms with E-state index in [0.717, 1.165) is 18.4 Å². The fourth-order valence-corrected chi connectivity index (χ4v) is 1.34. The van der Waals surface area contributed by atoms with Gasteiger partial charge in [0, 0.05) is 12.0 Å². The highest BCUT2D eigenvalue weighted by Gasteiger charge is 2.03. The van der Waals surface area contributed by atoms with E-state index in [1.165, 1.54) is 5.56 Å². The van der Waals surface area contributed by atoms with Crippen LogP contribution in [-0.2, 0) is 6.42 Å². The first-order valence-electron chi connectivity index (χ1n) is 4.90. The normalized spacial score (nSPS) is 10.0. The first-order chi connectivity index (χ1) is 6.27. The lowest BCUT2D eigenvalue weighted by Crippen LogP contribution is -1.98. The summed E-state index contributed by atoms with van der Waals surface area (Å²) in [5.41, 5.74) is 2.10. The van der Waals surface area contributed by atoms with Gasteiger partial charge in [-0.1, -0.05) is 32.0 Å². The van der Waals surface area contributed by atoms with E-state index in [-0.39, 0.29) is 5.78 Å². The summed E-state index contributed by atoms with van der Waals surface area (Å²) in [6.45, 7) is 4.13. The van der Waals surface area contributed by atoms with Crippen LogP contribution in [0.25, 0.3) is 0 Å². The van der Waals surface area contributed by atoms with Gasteiger partial charge in [-0.05, 0) is 24.5 Å². The smallest absolute Gasteiger partial charge is 0.162 e. The molecule has 0 aromatic heterocycles. The summed E-state index contributed by atoms with van der Waals surface area (Å²) in [6, 6.07) is 7.92. The number of rotatable bonds is 4. The van der Waals surface area contributed by atoms with Crippen LogP contribution in [-0.4, -0.2) is 5.78 Å². The topological polar surface area (TPSA) is 17.1 Å². The standard InChI is InChI=1S/C12H16O/c1-3-6-12(13)11-8-5-7-10(4-2)9-11/h5,7-9H,3-4,6H2,1-2H3. The van der Waals surface area contributed by atoms with Crippen LogP contribution in [0.1, 0.15) is 42.6 Å². The summed E-state index contributed by atoms with van der Waals surface area (Å²) in [6.07, 6.45) is 2.58. The van der Waals surface area contributed by atoms with E-state index in [1.54, 1.807) is 0 Å². The van der Waals surface area contributed by atoms with E-state index in [9.17, 15) is 4.79 Å². The number of aryl methyl sites for hydroxylation is 1. The zero-order valence-corrected chi connectivity index (χ0v) is 8.34. The van der Waals surface area contributed by atoms with Crippen molar-refractivity contribution in [2.24, 2.45) is 0 Å². The van der Waals surface area contributed by atoms with Crippen molar-refractivity contribution in [3.05, 3.63) is 35.4 Å². The Morgan fingerprint density at radius 1 is 1.31 bits per heavy atom. The molecular formula is C12H16O. The van der Waals surface area contributed by atoms with Crippen LogP contribution in [0.15, 0.2) is 24.3 Å². The minimum atomic E-state index is 0.262. The molecule has 0 saturated carbocycles. The minimum absolute atomic E-state index is 0.262. The molecule has 13 heavy (non-hydrogen) atoms. The third kappa shape index (κ3) is 2.69. The van der Waals surface area contributed by atoms with Gasteiger partial charge in [-0.25, -0.2) is 0 Å². The largest absolute Gasteiger partial charge is 0.294 e. The van der Waals surface area contributed by atoms with Gasteiger partial charge in [0.1, 0.15) is 0 Å². The van der Waals surface area contributed by atoms with Gasteiger partial charge in [0.25, 0.3) is 0 Å². The number of hydrogen-bond acceptors (Lipinski definition) is 1. The highest BCUT2D eigenvalue weighted by Crippen LogP contribution is 2.09. The highest BCUT2D eigenvalue weighted by molar-refractivity contribution is 5.96. The van der Waals surface area contributed by atoms with Crippen molar-refractivity contribution in [2.75, 3.05) is 0 Å². The predicted octanol–water partition coefficient (Wildman–Crippen LogP) is 3.23. The van der Waals surface area contributed by atoms with Gasteiger partial charge in [0.15, 0.2) is 5.78 Å². The zero-order chi connectivity index (χ0) is 9.68. The molecule has 70 valence electrons. The quantitative estimate of drug-likeness (QED) is 0.644. The Hall–Kier alpha value is -1.11. The first kappa shape index (κ1) is 9.97. The van der Waals surface area contributed by atoms with Gasteiger partial charge >= 0.3 is 0 Å². The van der Waals surface area contributed by atoms with Crippen LogP contribution in [0, 0.1) is 0 Å². The summed E-state index contributed by atoms with van der Waals surface area (Å²) >= 11 is 0. The Bertz CT molecular complexity index is 289. The molecule has 0 saturated heterocycles. The molecule has 0 N–H and O–H groups in total. The Balaban J connectivity index is 2.82. The summed E-state index contributed by atoms with van der Waals surface area (Å²) in [5.74, 6) is 0.262. The molecule has 0 spiro atoms. The Labute approximate surface area is 79.8 Å². The monoisotopic (exact) mass is 176 g/mol. The minimum Gasteiger partial charge on any atom is -0.294 e. The van der Waals surface area contributed by atoms with Gasteiger partial charge in [-0.2, -0.15) is 0 Å². The average molecular weight is 176 g/mol. The molecular weight excluding hydrogens is 160 g/mol. The summed E-state index contributed by atoms with van der Waals surface area (Å²) in [7, 11) is 0. The van der Waals surface area contributed by atoms with Gasteiger partial charge in [0.05, 0.1) is 0 Å². The second-order valence-electron chi connectivity index (χ2n) is 3.23. The van der Waals surface area contributed by atoms with Crippen molar-refractivity contribution in [1.82, 2.24) is 0 Å². The van der Waals surface area contributed by atoms with Gasteiger partial charge < -0.3 is 0 Å². The summed E-state index contributed by atoms with van der Waals surface area (Å²) < 4.78 is 0. The SMILES string of the molecule is CCCC(=O)c1cccc(CC)c1. The molecule has 0 unspecified atom stereocenters. The maximum atomic E-state index is 11.5. The van der Waals surface area contributed by atoms with Crippen LogP contribution < -0.4 is 0 Å². The molecule has 0 heterocycles. The Morgan fingerprint density at radius 3 is 2.69 bits per heavy atom. The average Bonchev–Trinajstić information content (AvgIpc) is 2.18. The number of benzene rings is 1. The van der Waals surface area contributed by atoms with E-state index in [0.29, 0.717) is 6.42 Å². The first-order valence-corrected chi connectivity index (χ1v) is 4.90. The molecule has 0 aliphatic heterocycles. The van der Waals surface area contributed by atoms with E-state index >= 15 is 0 Å². The molecule has 1 heteroatoms. The van der Waals surface area contributed by atoms with Crippen LogP contribution >= 0.6 is 0 Å². The number of hydrogen-bond donors (Lipinski definition) is 0. The Kier molecular flexibility index (Phi) is 3.69. The highest BCUT2D eigenvalue weighted by atomic mass is 16.1. The third-order valence-electron chi connectivity index (χ3n) is 2.13. The van der Waals surface area contributed by atoms with Crippen LogP contribution in [0.5, 0.6) is 0 Å². The molecule has 0 amide bonds. The molecule has 1 aromatic carbocycles. The molecule has 0 aliphatic carbocycles. The second-order valence-corrected chi connectivity index (χ2v) is 3.23. The van der Waals surface area contributed by atoms with E-state index in [2.05, 4.69) is 13.0 Å². The maximum Gasteiger partial charge on any atom is 0.162 e. The lowest BCUT2D eigenvalue weighted by atomic mass is 10.0. The predicted molar refractivity (Wildman–Crippen MR) is 55.1 cm³/mol.